The van der Waals surface area contributed by atoms with Gasteiger partial charge in [0.2, 0.25) is 11.8 Å². The quantitative estimate of drug-likeness (QED) is 0.686. The maximum Gasteiger partial charge on any atom is 0.409 e. The summed E-state index contributed by atoms with van der Waals surface area (Å²) in [5.74, 6) is 0.438. The summed E-state index contributed by atoms with van der Waals surface area (Å²) in [7, 11) is 0. The van der Waals surface area contributed by atoms with Crippen LogP contribution in [0.3, 0.4) is 0 Å². The van der Waals surface area contributed by atoms with Crippen LogP contribution in [0.4, 0.5) is 4.79 Å². The van der Waals surface area contributed by atoms with Gasteiger partial charge in [0.05, 0.1) is 12.0 Å². The molecule has 184 valence electrons. The summed E-state index contributed by atoms with van der Waals surface area (Å²) in [4.78, 5) is 41.9. The van der Waals surface area contributed by atoms with Gasteiger partial charge in [-0.2, -0.15) is 0 Å². The van der Waals surface area contributed by atoms with Gasteiger partial charge in [-0.15, -0.1) is 0 Å². The molecular formula is C26H34ClN3O4. The molecule has 5 rings (SSSR count). The van der Waals surface area contributed by atoms with E-state index in [4.69, 9.17) is 16.3 Å². The molecule has 0 radical (unpaired) electrons. The molecule has 8 heteroatoms. The lowest BCUT2D eigenvalue weighted by atomic mass is 9.88. The summed E-state index contributed by atoms with van der Waals surface area (Å²) in [6.07, 6.45) is 5.77. The first-order valence-electron chi connectivity index (χ1n) is 12.6. The van der Waals surface area contributed by atoms with Crippen LogP contribution >= 0.6 is 11.6 Å². The zero-order chi connectivity index (χ0) is 23.9. The molecule has 1 N–H and O–H groups in total. The summed E-state index contributed by atoms with van der Waals surface area (Å²) < 4.78 is 5.07. The molecule has 2 saturated heterocycles. The first-order valence-corrected chi connectivity index (χ1v) is 13.0. The summed E-state index contributed by atoms with van der Waals surface area (Å²) in [6, 6.07) is 7.81. The second-order valence-corrected chi connectivity index (χ2v) is 10.9. The third-order valence-corrected chi connectivity index (χ3v) is 8.73. The Morgan fingerprint density at radius 3 is 2.24 bits per heavy atom. The van der Waals surface area contributed by atoms with Gasteiger partial charge in [-0.1, -0.05) is 23.7 Å². The van der Waals surface area contributed by atoms with Gasteiger partial charge in [0.15, 0.2) is 0 Å². The lowest BCUT2D eigenvalue weighted by Crippen LogP contribution is -2.48. The van der Waals surface area contributed by atoms with Crippen molar-refractivity contribution in [2.24, 2.45) is 11.3 Å². The summed E-state index contributed by atoms with van der Waals surface area (Å²) in [6.45, 7) is 4.88. The molecule has 4 fully saturated rings. The molecule has 4 aliphatic rings. The maximum atomic E-state index is 13.4. The number of halogens is 1. The average molecular weight is 488 g/mol. The molecule has 34 heavy (non-hydrogen) atoms. The SMILES string of the molecule is CCOC(=O)N1CCC(NC(=O)C2CC23CCN(C(=O)C2(c4ccc(Cl)cc4)CC2)CC3)CC1. The van der Waals surface area contributed by atoms with Crippen LogP contribution in [-0.4, -0.2) is 66.5 Å². The fraction of sp³-hybridized carbons (Fsp3) is 0.654. The Labute approximate surface area is 206 Å². The molecule has 1 unspecified atom stereocenters. The van der Waals surface area contributed by atoms with Gasteiger partial charge in [0, 0.05) is 43.2 Å². The van der Waals surface area contributed by atoms with Crippen LogP contribution in [0.5, 0.6) is 0 Å². The first-order chi connectivity index (χ1) is 16.4. The number of hydrogen-bond acceptors (Lipinski definition) is 4. The molecule has 1 aromatic rings. The number of amides is 3. The van der Waals surface area contributed by atoms with Crippen molar-refractivity contribution >= 4 is 29.5 Å². The topological polar surface area (TPSA) is 79.0 Å². The van der Waals surface area contributed by atoms with E-state index in [-0.39, 0.29) is 40.7 Å². The Balaban J connectivity index is 1.09. The minimum atomic E-state index is -0.367. The number of nitrogens with zero attached hydrogens (tertiary/aromatic N) is 2. The van der Waals surface area contributed by atoms with Crippen molar-refractivity contribution in [2.45, 2.75) is 63.3 Å². The van der Waals surface area contributed by atoms with E-state index in [1.807, 2.05) is 29.2 Å². The molecular weight excluding hydrogens is 454 g/mol. The number of piperidine rings is 2. The van der Waals surface area contributed by atoms with Crippen molar-refractivity contribution < 1.29 is 19.1 Å². The average Bonchev–Trinajstić information content (AvgIpc) is 3.77. The van der Waals surface area contributed by atoms with Gasteiger partial charge in [-0.25, -0.2) is 4.79 Å². The van der Waals surface area contributed by atoms with E-state index in [0.29, 0.717) is 24.7 Å². The Bertz CT molecular complexity index is 945. The maximum absolute atomic E-state index is 13.4. The third kappa shape index (κ3) is 4.39. The Morgan fingerprint density at radius 2 is 1.65 bits per heavy atom. The minimum Gasteiger partial charge on any atom is -0.450 e. The number of hydrogen-bond donors (Lipinski definition) is 1. The zero-order valence-corrected chi connectivity index (χ0v) is 20.6. The lowest BCUT2D eigenvalue weighted by Gasteiger charge is -2.35. The van der Waals surface area contributed by atoms with Crippen LogP contribution in [0.15, 0.2) is 24.3 Å². The number of nitrogens with one attached hydrogen (secondary N) is 1. The first kappa shape index (κ1) is 23.5. The fourth-order valence-electron chi connectivity index (χ4n) is 5.97. The van der Waals surface area contributed by atoms with E-state index in [1.54, 1.807) is 11.8 Å². The van der Waals surface area contributed by atoms with E-state index in [1.165, 1.54) is 0 Å². The van der Waals surface area contributed by atoms with Crippen LogP contribution in [-0.2, 0) is 19.7 Å². The molecule has 1 aromatic carbocycles. The predicted molar refractivity (Wildman–Crippen MR) is 128 cm³/mol. The molecule has 3 amide bonds. The minimum absolute atomic E-state index is 0.0546. The number of carbonyl (C=O) groups is 3. The molecule has 2 heterocycles. The van der Waals surface area contributed by atoms with Crippen LogP contribution in [0.25, 0.3) is 0 Å². The molecule has 0 bridgehead atoms. The zero-order valence-electron chi connectivity index (χ0n) is 19.9. The second kappa shape index (κ2) is 9.06. The second-order valence-electron chi connectivity index (χ2n) is 10.5. The Kier molecular flexibility index (Phi) is 6.25. The standard InChI is InChI=1S/C26H34ClN3O4/c1-2-34-24(33)30-13-7-20(8-14-30)28-22(31)21-17-25(21)11-15-29(16-12-25)23(32)26(9-10-26)18-3-5-19(27)6-4-18/h3-6,20-21H,2,7-17H2,1H3,(H,28,31). The van der Waals surface area contributed by atoms with Crippen molar-refractivity contribution in [3.8, 4) is 0 Å². The molecule has 2 saturated carbocycles. The highest BCUT2D eigenvalue weighted by Crippen LogP contribution is 2.60. The molecule has 1 spiro atoms. The van der Waals surface area contributed by atoms with Gasteiger partial charge >= 0.3 is 6.09 Å². The van der Waals surface area contributed by atoms with Crippen LogP contribution in [0.1, 0.15) is 57.4 Å². The highest BCUT2D eigenvalue weighted by Gasteiger charge is 2.60. The molecule has 1 atom stereocenters. The van der Waals surface area contributed by atoms with Crippen molar-refractivity contribution in [1.82, 2.24) is 15.1 Å². The van der Waals surface area contributed by atoms with Crippen molar-refractivity contribution in [3.05, 3.63) is 34.9 Å². The number of benzene rings is 1. The monoisotopic (exact) mass is 487 g/mol. The van der Waals surface area contributed by atoms with E-state index in [9.17, 15) is 14.4 Å². The normalized spacial score (nSPS) is 25.1. The Morgan fingerprint density at radius 1 is 1.00 bits per heavy atom. The summed E-state index contributed by atoms with van der Waals surface area (Å²) in [5.41, 5.74) is 0.761. The van der Waals surface area contributed by atoms with Crippen LogP contribution in [0, 0.1) is 11.3 Å². The van der Waals surface area contributed by atoms with E-state index in [2.05, 4.69) is 5.32 Å². The van der Waals surface area contributed by atoms with Crippen LogP contribution < -0.4 is 5.32 Å². The number of rotatable bonds is 5. The van der Waals surface area contributed by atoms with Gasteiger partial charge in [0.25, 0.3) is 0 Å². The lowest BCUT2D eigenvalue weighted by molar-refractivity contribution is -0.135. The largest absolute Gasteiger partial charge is 0.450 e. The Hall–Kier alpha value is -2.28. The summed E-state index contributed by atoms with van der Waals surface area (Å²) >= 11 is 6.03. The third-order valence-electron chi connectivity index (χ3n) is 8.48. The molecule has 2 aliphatic carbocycles. The van der Waals surface area contributed by atoms with Gasteiger partial charge < -0.3 is 19.9 Å². The van der Waals surface area contributed by atoms with Gasteiger partial charge in [0.1, 0.15) is 0 Å². The van der Waals surface area contributed by atoms with Crippen molar-refractivity contribution in [2.75, 3.05) is 32.8 Å². The van der Waals surface area contributed by atoms with Gasteiger partial charge in [-0.3, -0.25) is 9.59 Å². The van der Waals surface area contributed by atoms with Gasteiger partial charge in [-0.05, 0) is 75.0 Å². The molecule has 0 aromatic heterocycles. The molecule has 2 aliphatic heterocycles. The smallest absolute Gasteiger partial charge is 0.409 e. The van der Waals surface area contributed by atoms with E-state index >= 15 is 0 Å². The van der Waals surface area contributed by atoms with Crippen molar-refractivity contribution in [1.29, 1.82) is 0 Å². The highest BCUT2D eigenvalue weighted by atomic mass is 35.5. The molecule has 7 nitrogen and oxygen atoms in total. The summed E-state index contributed by atoms with van der Waals surface area (Å²) in [5, 5.41) is 3.92. The predicted octanol–water partition coefficient (Wildman–Crippen LogP) is 3.74. The number of likely N-dealkylation sites (tertiary alicyclic amines) is 2. The fourth-order valence-corrected chi connectivity index (χ4v) is 6.10. The van der Waals surface area contributed by atoms with E-state index < -0.39 is 0 Å². The van der Waals surface area contributed by atoms with Crippen LogP contribution in [0.2, 0.25) is 5.02 Å². The number of carbonyl (C=O) groups excluding carboxylic acids is 3. The number of ether oxygens (including phenoxy) is 1. The highest BCUT2D eigenvalue weighted by molar-refractivity contribution is 6.30. The van der Waals surface area contributed by atoms with E-state index in [0.717, 1.165) is 63.6 Å². The van der Waals surface area contributed by atoms with Crippen molar-refractivity contribution in [3.63, 3.8) is 0 Å².